The number of nitrogens with zero attached hydrogens (tertiary/aromatic N) is 2. The predicted octanol–water partition coefficient (Wildman–Crippen LogP) is 2.88. The quantitative estimate of drug-likeness (QED) is 0.500. The number of nitrogens with two attached hydrogens (primary N) is 1. The molecule has 0 aliphatic heterocycles. The molecule has 0 bridgehead atoms. The van der Waals surface area contributed by atoms with Gasteiger partial charge in [0.2, 0.25) is 0 Å². The normalized spacial score (nSPS) is 10.3. The largest absolute Gasteiger partial charge is 0.393 e. The van der Waals surface area contributed by atoms with Crippen molar-refractivity contribution in [2.24, 2.45) is 0 Å². The number of amides is 1. The molecule has 7 nitrogen and oxygen atoms in total. The summed E-state index contributed by atoms with van der Waals surface area (Å²) >= 11 is 0. The fourth-order valence-corrected chi connectivity index (χ4v) is 2.32. The Kier molecular flexibility index (Phi) is 5.46. The van der Waals surface area contributed by atoms with Gasteiger partial charge >= 0.3 is 0 Å². The summed E-state index contributed by atoms with van der Waals surface area (Å²) in [7, 11) is 0. The molecule has 0 unspecified atom stereocenters. The topological polar surface area (TPSA) is 105 Å². The average Bonchev–Trinajstić information content (AvgIpc) is 2.68. The maximum Gasteiger partial charge on any atom is 0.269 e. The van der Waals surface area contributed by atoms with E-state index in [1.165, 1.54) is 18.5 Å². The number of nitrogen functional groups attached to an aromatic ring is 1. The molecule has 0 spiro atoms. The maximum absolute atomic E-state index is 13.0. The van der Waals surface area contributed by atoms with Crippen LogP contribution in [-0.4, -0.2) is 15.9 Å². The van der Waals surface area contributed by atoms with Crippen LogP contribution >= 0.6 is 0 Å². The van der Waals surface area contributed by atoms with Crippen molar-refractivity contribution in [3.05, 3.63) is 77.4 Å². The number of carbonyl (C=O) groups is 1. The summed E-state index contributed by atoms with van der Waals surface area (Å²) in [4.78, 5) is 20.3. The lowest BCUT2D eigenvalue weighted by Crippen LogP contribution is -2.30. The Labute approximate surface area is 155 Å². The number of aryl methyl sites for hydroxylation is 1. The molecule has 1 aromatic heterocycles. The molecule has 0 saturated carbocycles. The van der Waals surface area contributed by atoms with Crippen molar-refractivity contribution in [3.63, 3.8) is 0 Å². The van der Waals surface area contributed by atoms with Gasteiger partial charge < -0.3 is 11.1 Å². The number of hydrazine groups is 1. The highest BCUT2D eigenvalue weighted by atomic mass is 19.1. The summed E-state index contributed by atoms with van der Waals surface area (Å²) in [6, 6.07) is 13.3. The van der Waals surface area contributed by atoms with Crippen LogP contribution in [0.5, 0.6) is 0 Å². The van der Waals surface area contributed by atoms with Crippen molar-refractivity contribution in [3.8, 4) is 0 Å². The number of nitrogens with one attached hydrogen (secondary N) is 3. The van der Waals surface area contributed by atoms with Gasteiger partial charge in [0.25, 0.3) is 5.91 Å². The van der Waals surface area contributed by atoms with Gasteiger partial charge in [-0.05, 0) is 36.8 Å². The van der Waals surface area contributed by atoms with Crippen molar-refractivity contribution in [2.45, 2.75) is 13.5 Å². The molecule has 3 rings (SSSR count). The van der Waals surface area contributed by atoms with E-state index in [9.17, 15) is 9.18 Å². The van der Waals surface area contributed by atoms with E-state index in [1.54, 1.807) is 24.3 Å². The summed E-state index contributed by atoms with van der Waals surface area (Å²) in [5.74, 6) is 0.0680. The molecule has 2 aromatic carbocycles. The van der Waals surface area contributed by atoms with E-state index < -0.39 is 0 Å². The van der Waals surface area contributed by atoms with Gasteiger partial charge in [0, 0.05) is 12.1 Å². The van der Waals surface area contributed by atoms with Crippen molar-refractivity contribution in [1.29, 1.82) is 0 Å². The number of aromatic nitrogens is 2. The van der Waals surface area contributed by atoms with Gasteiger partial charge in [0.05, 0.1) is 0 Å². The Morgan fingerprint density at radius 3 is 2.41 bits per heavy atom. The fourth-order valence-electron chi connectivity index (χ4n) is 2.32. The van der Waals surface area contributed by atoms with E-state index in [1.807, 2.05) is 19.1 Å². The average molecular weight is 366 g/mol. The first-order valence-electron chi connectivity index (χ1n) is 8.25. The van der Waals surface area contributed by atoms with Crippen LogP contribution in [0.1, 0.15) is 21.5 Å². The second-order valence-electron chi connectivity index (χ2n) is 5.91. The molecule has 0 radical (unpaired) electrons. The molecule has 0 saturated heterocycles. The third-order valence-corrected chi connectivity index (χ3v) is 3.87. The third kappa shape index (κ3) is 4.69. The Balaban J connectivity index is 1.63. The molecule has 1 heterocycles. The number of anilines is 3. The van der Waals surface area contributed by atoms with Gasteiger partial charge in [-0.25, -0.2) is 14.4 Å². The molecule has 0 atom stereocenters. The molecule has 0 aliphatic carbocycles. The van der Waals surface area contributed by atoms with Gasteiger partial charge in [0.15, 0.2) is 11.6 Å². The van der Waals surface area contributed by atoms with Gasteiger partial charge in [-0.3, -0.25) is 15.6 Å². The Morgan fingerprint density at radius 1 is 1.04 bits per heavy atom. The van der Waals surface area contributed by atoms with Gasteiger partial charge in [-0.15, -0.1) is 0 Å². The summed E-state index contributed by atoms with van der Waals surface area (Å²) in [6.45, 7) is 2.36. The minimum atomic E-state index is -0.311. The number of carbonyl (C=O) groups excluding carboxylic acids is 1. The van der Waals surface area contributed by atoms with E-state index in [-0.39, 0.29) is 23.2 Å². The Hall–Kier alpha value is -3.68. The molecule has 0 aliphatic rings. The molecular weight excluding hydrogens is 347 g/mol. The van der Waals surface area contributed by atoms with Crippen LogP contribution in [0.15, 0.2) is 54.9 Å². The highest BCUT2D eigenvalue weighted by Crippen LogP contribution is 2.22. The van der Waals surface area contributed by atoms with Gasteiger partial charge in [-0.2, -0.15) is 0 Å². The molecule has 138 valence electrons. The second kappa shape index (κ2) is 8.13. The van der Waals surface area contributed by atoms with Gasteiger partial charge in [0.1, 0.15) is 17.8 Å². The number of hydrogen-bond donors (Lipinski definition) is 4. The first kappa shape index (κ1) is 18.1. The van der Waals surface area contributed by atoms with Crippen LogP contribution < -0.4 is 21.9 Å². The third-order valence-electron chi connectivity index (χ3n) is 3.87. The highest BCUT2D eigenvalue weighted by molar-refractivity contribution is 5.95. The fraction of sp³-hybridized carbons (Fsp3) is 0.105. The zero-order valence-electron chi connectivity index (χ0n) is 14.7. The molecule has 0 fully saturated rings. The maximum atomic E-state index is 13.0. The number of rotatable bonds is 6. The molecule has 5 N–H and O–H groups in total. The van der Waals surface area contributed by atoms with Crippen molar-refractivity contribution >= 4 is 23.2 Å². The van der Waals surface area contributed by atoms with Crippen LogP contribution in [0, 0.1) is 12.7 Å². The van der Waals surface area contributed by atoms with Crippen LogP contribution in [0.25, 0.3) is 0 Å². The first-order valence-corrected chi connectivity index (χ1v) is 8.25. The lowest BCUT2D eigenvalue weighted by Gasteiger charge is -2.13. The molecule has 27 heavy (non-hydrogen) atoms. The van der Waals surface area contributed by atoms with Crippen molar-refractivity contribution < 1.29 is 9.18 Å². The SMILES string of the molecule is Cc1ccc(C(=O)NNc2ncnc(NCc3ccc(F)cc3)c2N)cc1. The predicted molar refractivity (Wildman–Crippen MR) is 102 cm³/mol. The van der Waals surface area contributed by atoms with E-state index in [2.05, 4.69) is 26.1 Å². The zero-order valence-corrected chi connectivity index (χ0v) is 14.7. The number of benzene rings is 2. The molecular formula is C19H19FN6O. The highest BCUT2D eigenvalue weighted by Gasteiger charge is 2.10. The lowest BCUT2D eigenvalue weighted by atomic mass is 10.1. The number of hydrogen-bond acceptors (Lipinski definition) is 6. The minimum Gasteiger partial charge on any atom is -0.393 e. The minimum absolute atomic E-state index is 0.254. The summed E-state index contributed by atoms with van der Waals surface area (Å²) in [5, 5.41) is 3.06. The Morgan fingerprint density at radius 2 is 1.70 bits per heavy atom. The van der Waals surface area contributed by atoms with E-state index >= 15 is 0 Å². The summed E-state index contributed by atoms with van der Waals surface area (Å²) in [5.41, 5.74) is 14.0. The number of halogens is 1. The van der Waals surface area contributed by atoms with E-state index in [0.29, 0.717) is 17.9 Å². The molecule has 1 amide bonds. The summed E-state index contributed by atoms with van der Waals surface area (Å²) in [6.07, 6.45) is 1.32. The van der Waals surface area contributed by atoms with Crippen LogP contribution in [0.4, 0.5) is 21.7 Å². The monoisotopic (exact) mass is 366 g/mol. The smallest absolute Gasteiger partial charge is 0.269 e. The zero-order chi connectivity index (χ0) is 19.2. The van der Waals surface area contributed by atoms with Gasteiger partial charge in [-0.1, -0.05) is 29.8 Å². The van der Waals surface area contributed by atoms with Crippen LogP contribution in [0.3, 0.4) is 0 Å². The first-order chi connectivity index (χ1) is 13.0. The van der Waals surface area contributed by atoms with Crippen LogP contribution in [-0.2, 0) is 6.54 Å². The lowest BCUT2D eigenvalue weighted by molar-refractivity contribution is 0.0962. The standard InChI is InChI=1S/C19H19FN6O/c1-12-2-6-14(7-3-12)19(27)26-25-18-16(21)17(23-11-24-18)22-10-13-4-8-15(20)9-5-13/h2-9,11H,10,21H2,1H3,(H,26,27)(H2,22,23,24,25). The molecule has 8 heteroatoms. The van der Waals surface area contributed by atoms with Crippen molar-refractivity contribution in [1.82, 2.24) is 15.4 Å². The Bertz CT molecular complexity index is 928. The van der Waals surface area contributed by atoms with Crippen LogP contribution in [0.2, 0.25) is 0 Å². The van der Waals surface area contributed by atoms with E-state index in [0.717, 1.165) is 11.1 Å². The summed E-state index contributed by atoms with van der Waals surface area (Å²) < 4.78 is 13.0. The second-order valence-corrected chi connectivity index (χ2v) is 5.91. The van der Waals surface area contributed by atoms with E-state index in [4.69, 9.17) is 5.73 Å². The van der Waals surface area contributed by atoms with Crippen molar-refractivity contribution in [2.75, 3.05) is 16.5 Å². The molecule has 3 aromatic rings.